The Bertz CT molecular complexity index is 996. The van der Waals surface area contributed by atoms with Gasteiger partial charge < -0.3 is 9.64 Å². The van der Waals surface area contributed by atoms with Gasteiger partial charge in [0.25, 0.3) is 17.7 Å². The molecule has 2 aliphatic rings. The summed E-state index contributed by atoms with van der Waals surface area (Å²) < 4.78 is 5.13. The van der Waals surface area contributed by atoms with Crippen molar-refractivity contribution in [3.8, 4) is 0 Å². The summed E-state index contributed by atoms with van der Waals surface area (Å²) in [5, 5.41) is 0. The molecule has 0 bridgehead atoms. The van der Waals surface area contributed by atoms with Crippen LogP contribution in [0.2, 0.25) is 0 Å². The van der Waals surface area contributed by atoms with Crippen molar-refractivity contribution >= 4 is 23.7 Å². The van der Waals surface area contributed by atoms with Crippen LogP contribution >= 0.6 is 0 Å². The minimum absolute atomic E-state index is 0.0333. The summed E-state index contributed by atoms with van der Waals surface area (Å²) in [6.45, 7) is 3.45. The Morgan fingerprint density at radius 2 is 1.42 bits per heavy atom. The highest BCUT2D eigenvalue weighted by Crippen LogP contribution is 2.22. The molecule has 0 atom stereocenters. The van der Waals surface area contributed by atoms with Gasteiger partial charge in [0.15, 0.2) is 6.61 Å². The van der Waals surface area contributed by atoms with Crippen LogP contribution in [0.3, 0.4) is 0 Å². The van der Waals surface area contributed by atoms with Crippen molar-refractivity contribution in [2.75, 3.05) is 39.3 Å². The topological polar surface area (TPSA) is 87.2 Å². The molecule has 0 spiro atoms. The van der Waals surface area contributed by atoms with Crippen LogP contribution in [-0.4, -0.2) is 77.7 Å². The van der Waals surface area contributed by atoms with Gasteiger partial charge in [-0.05, 0) is 24.1 Å². The predicted molar refractivity (Wildman–Crippen MR) is 120 cm³/mol. The fourth-order valence-corrected chi connectivity index (χ4v) is 4.13. The molecule has 0 N–H and O–H groups in total. The third-order valence-electron chi connectivity index (χ3n) is 5.97. The van der Waals surface area contributed by atoms with Gasteiger partial charge in [0.05, 0.1) is 11.1 Å². The van der Waals surface area contributed by atoms with E-state index in [4.69, 9.17) is 4.74 Å². The number of benzene rings is 2. The normalized spacial score (nSPS) is 16.1. The zero-order chi connectivity index (χ0) is 23.2. The van der Waals surface area contributed by atoms with E-state index in [0.29, 0.717) is 24.2 Å². The van der Waals surface area contributed by atoms with Crippen LogP contribution in [0.25, 0.3) is 0 Å². The first-order valence-corrected chi connectivity index (χ1v) is 11.2. The summed E-state index contributed by atoms with van der Waals surface area (Å²) in [7, 11) is 0. The maximum Gasteiger partial charge on any atom is 0.306 e. The standard InChI is InChI=1S/C25H27N3O5/c29-22(27-15-13-26(14-16-27)17-19-7-2-1-3-8-19)18-33-23(30)11-6-12-28-24(31)20-9-4-5-10-21(20)25(28)32/h1-5,7-10H,6,11-18H2. The smallest absolute Gasteiger partial charge is 0.306 e. The largest absolute Gasteiger partial charge is 0.456 e. The highest BCUT2D eigenvalue weighted by molar-refractivity contribution is 6.21. The lowest BCUT2D eigenvalue weighted by Crippen LogP contribution is -2.49. The van der Waals surface area contributed by atoms with Crippen LogP contribution in [0.15, 0.2) is 54.6 Å². The molecule has 1 saturated heterocycles. The van der Waals surface area contributed by atoms with Crippen LogP contribution in [-0.2, 0) is 20.9 Å². The first-order valence-electron chi connectivity index (χ1n) is 11.2. The van der Waals surface area contributed by atoms with E-state index in [9.17, 15) is 19.2 Å². The summed E-state index contributed by atoms with van der Waals surface area (Å²) in [5.74, 6) is -1.40. The molecular weight excluding hydrogens is 422 g/mol. The number of esters is 1. The number of amides is 3. The van der Waals surface area contributed by atoms with Crippen LogP contribution in [0.4, 0.5) is 0 Å². The highest BCUT2D eigenvalue weighted by Gasteiger charge is 2.34. The Balaban J connectivity index is 1.13. The predicted octanol–water partition coefficient (Wildman–Crippen LogP) is 1.95. The summed E-state index contributed by atoms with van der Waals surface area (Å²) in [6, 6.07) is 16.9. The molecule has 0 radical (unpaired) electrons. The van der Waals surface area contributed by atoms with E-state index < -0.39 is 5.97 Å². The van der Waals surface area contributed by atoms with Crippen LogP contribution < -0.4 is 0 Å². The molecule has 0 saturated carbocycles. The quantitative estimate of drug-likeness (QED) is 0.452. The monoisotopic (exact) mass is 449 g/mol. The van der Waals surface area contributed by atoms with Crippen LogP contribution in [0, 0.1) is 0 Å². The molecule has 3 amide bonds. The van der Waals surface area contributed by atoms with E-state index in [0.717, 1.165) is 24.5 Å². The molecule has 2 aliphatic heterocycles. The summed E-state index contributed by atoms with van der Waals surface area (Å²) >= 11 is 0. The number of imide groups is 1. The zero-order valence-corrected chi connectivity index (χ0v) is 18.4. The first-order chi connectivity index (χ1) is 16.0. The van der Waals surface area contributed by atoms with E-state index in [-0.39, 0.29) is 43.7 Å². The molecule has 2 aromatic carbocycles. The van der Waals surface area contributed by atoms with Gasteiger partial charge in [0.1, 0.15) is 0 Å². The number of ether oxygens (including phenoxy) is 1. The molecule has 0 aromatic heterocycles. The van der Waals surface area contributed by atoms with Crippen molar-refractivity contribution in [1.82, 2.24) is 14.7 Å². The maximum absolute atomic E-state index is 12.4. The van der Waals surface area contributed by atoms with Crippen LogP contribution in [0.5, 0.6) is 0 Å². The summed E-state index contributed by atoms with van der Waals surface area (Å²) in [4.78, 5) is 54.3. The number of rotatable bonds is 8. The Morgan fingerprint density at radius 3 is 2.06 bits per heavy atom. The van der Waals surface area contributed by atoms with E-state index in [2.05, 4.69) is 17.0 Å². The van der Waals surface area contributed by atoms with Crippen molar-refractivity contribution in [3.05, 3.63) is 71.3 Å². The lowest BCUT2D eigenvalue weighted by molar-refractivity contribution is -0.152. The molecule has 4 rings (SSSR count). The second-order valence-corrected chi connectivity index (χ2v) is 8.21. The fourth-order valence-electron chi connectivity index (χ4n) is 4.13. The third-order valence-corrected chi connectivity index (χ3v) is 5.97. The SMILES string of the molecule is O=C(CCCN1C(=O)c2ccccc2C1=O)OCC(=O)N1CCN(Cc2ccccc2)CC1. The van der Waals surface area contributed by atoms with Gasteiger partial charge in [-0.3, -0.25) is 29.0 Å². The number of piperazine rings is 1. The van der Waals surface area contributed by atoms with Gasteiger partial charge in [0, 0.05) is 45.7 Å². The van der Waals surface area contributed by atoms with Gasteiger partial charge in [-0.2, -0.15) is 0 Å². The van der Waals surface area contributed by atoms with Gasteiger partial charge >= 0.3 is 5.97 Å². The van der Waals surface area contributed by atoms with Crippen molar-refractivity contribution in [1.29, 1.82) is 0 Å². The van der Waals surface area contributed by atoms with E-state index >= 15 is 0 Å². The Hall–Kier alpha value is -3.52. The molecule has 33 heavy (non-hydrogen) atoms. The number of carbonyl (C=O) groups excluding carboxylic acids is 4. The minimum Gasteiger partial charge on any atom is -0.456 e. The fraction of sp³-hybridized carbons (Fsp3) is 0.360. The number of hydrogen-bond donors (Lipinski definition) is 0. The molecule has 8 heteroatoms. The van der Waals surface area contributed by atoms with E-state index in [1.165, 1.54) is 5.56 Å². The highest BCUT2D eigenvalue weighted by atomic mass is 16.5. The molecule has 172 valence electrons. The Labute approximate surface area is 192 Å². The lowest BCUT2D eigenvalue weighted by atomic mass is 10.1. The van der Waals surface area contributed by atoms with Crippen LogP contribution in [0.1, 0.15) is 39.1 Å². The Kier molecular flexibility index (Phi) is 7.14. The van der Waals surface area contributed by atoms with Crippen molar-refractivity contribution in [2.45, 2.75) is 19.4 Å². The molecule has 8 nitrogen and oxygen atoms in total. The minimum atomic E-state index is -0.511. The number of nitrogens with zero attached hydrogens (tertiary/aromatic N) is 3. The molecule has 0 aliphatic carbocycles. The number of hydrogen-bond acceptors (Lipinski definition) is 6. The van der Waals surface area contributed by atoms with Gasteiger partial charge in [0.2, 0.25) is 0 Å². The molecule has 2 heterocycles. The third kappa shape index (κ3) is 5.46. The van der Waals surface area contributed by atoms with Crippen molar-refractivity contribution in [2.24, 2.45) is 0 Å². The maximum atomic E-state index is 12.4. The van der Waals surface area contributed by atoms with E-state index in [1.54, 1.807) is 29.2 Å². The van der Waals surface area contributed by atoms with Crippen molar-refractivity contribution in [3.63, 3.8) is 0 Å². The van der Waals surface area contributed by atoms with Gasteiger partial charge in [-0.15, -0.1) is 0 Å². The van der Waals surface area contributed by atoms with Gasteiger partial charge in [-0.25, -0.2) is 0 Å². The average Bonchev–Trinajstić information content (AvgIpc) is 3.09. The molecule has 2 aromatic rings. The number of carbonyl (C=O) groups is 4. The zero-order valence-electron chi connectivity index (χ0n) is 18.4. The van der Waals surface area contributed by atoms with E-state index in [1.807, 2.05) is 18.2 Å². The first kappa shape index (κ1) is 22.7. The molecular formula is C25H27N3O5. The second-order valence-electron chi connectivity index (χ2n) is 8.21. The molecule has 0 unspecified atom stereocenters. The number of fused-ring (bicyclic) bond motifs is 1. The summed E-state index contributed by atoms with van der Waals surface area (Å²) in [5.41, 5.74) is 2.02. The molecule has 1 fully saturated rings. The average molecular weight is 450 g/mol. The van der Waals surface area contributed by atoms with Gasteiger partial charge in [-0.1, -0.05) is 42.5 Å². The lowest BCUT2D eigenvalue weighted by Gasteiger charge is -2.34. The van der Waals surface area contributed by atoms with Crippen molar-refractivity contribution < 1.29 is 23.9 Å². The second kappa shape index (κ2) is 10.4. The summed E-state index contributed by atoms with van der Waals surface area (Å²) in [6.07, 6.45) is 0.322. The Morgan fingerprint density at radius 1 is 0.818 bits per heavy atom.